The first-order chi connectivity index (χ1) is 14.2. The third-order valence-corrected chi connectivity index (χ3v) is 5.07. The van der Waals surface area contributed by atoms with Crippen molar-refractivity contribution in [1.82, 2.24) is 25.1 Å². The largest absolute Gasteiger partial charge is 0.497 e. The van der Waals surface area contributed by atoms with Gasteiger partial charge in [0.05, 0.1) is 26.0 Å². The molecule has 9 heteroatoms. The van der Waals surface area contributed by atoms with E-state index in [4.69, 9.17) is 25.6 Å². The fraction of sp³-hybridized carbons (Fsp3) is 0.200. The van der Waals surface area contributed by atoms with Gasteiger partial charge in [-0.25, -0.2) is 4.68 Å². The number of hydrogen-bond donors (Lipinski definition) is 0. The molecule has 0 saturated heterocycles. The van der Waals surface area contributed by atoms with E-state index < -0.39 is 0 Å². The van der Waals surface area contributed by atoms with Crippen molar-refractivity contribution in [3.05, 3.63) is 64.8 Å². The highest BCUT2D eigenvalue weighted by atomic mass is 35.5. The normalized spacial score (nSPS) is 15.9. The van der Waals surface area contributed by atoms with E-state index in [2.05, 4.69) is 20.5 Å². The average molecular weight is 410 g/mol. The van der Waals surface area contributed by atoms with E-state index in [-0.39, 0.29) is 6.10 Å². The fourth-order valence-corrected chi connectivity index (χ4v) is 3.36. The summed E-state index contributed by atoms with van der Waals surface area (Å²) in [5, 5.41) is 13.2. The van der Waals surface area contributed by atoms with Gasteiger partial charge in [-0.3, -0.25) is 0 Å². The molecule has 3 heterocycles. The Morgan fingerprint density at radius 1 is 1.10 bits per heavy atom. The van der Waals surface area contributed by atoms with E-state index in [1.165, 1.54) is 0 Å². The highest BCUT2D eigenvalue weighted by molar-refractivity contribution is 6.30. The van der Waals surface area contributed by atoms with Gasteiger partial charge < -0.3 is 14.0 Å². The van der Waals surface area contributed by atoms with Crippen LogP contribution in [0.4, 0.5) is 0 Å². The summed E-state index contributed by atoms with van der Waals surface area (Å²) >= 11 is 5.97. The molecule has 146 valence electrons. The van der Waals surface area contributed by atoms with Gasteiger partial charge in [-0.2, -0.15) is 4.98 Å². The zero-order chi connectivity index (χ0) is 19.8. The summed E-state index contributed by atoms with van der Waals surface area (Å²) in [5.41, 5.74) is 3.20. The first-order valence-electron chi connectivity index (χ1n) is 8.99. The minimum absolute atomic E-state index is 0.119. The molecule has 1 unspecified atom stereocenters. The Kier molecular flexibility index (Phi) is 4.49. The van der Waals surface area contributed by atoms with Crippen molar-refractivity contribution in [2.24, 2.45) is 0 Å². The topological polar surface area (TPSA) is 88.1 Å². The quantitative estimate of drug-likeness (QED) is 0.504. The third kappa shape index (κ3) is 3.37. The van der Waals surface area contributed by atoms with E-state index in [0.29, 0.717) is 35.6 Å². The van der Waals surface area contributed by atoms with Crippen molar-refractivity contribution < 1.29 is 14.0 Å². The molecule has 0 aliphatic carbocycles. The molecule has 0 radical (unpaired) electrons. The van der Waals surface area contributed by atoms with Gasteiger partial charge in [-0.05, 0) is 42.0 Å². The van der Waals surface area contributed by atoms with Crippen molar-refractivity contribution in [3.8, 4) is 28.7 Å². The average Bonchev–Trinajstić information content (AvgIpc) is 3.41. The van der Waals surface area contributed by atoms with Crippen LogP contribution in [0.25, 0.3) is 23.0 Å². The van der Waals surface area contributed by atoms with Crippen LogP contribution in [0.15, 0.2) is 53.1 Å². The van der Waals surface area contributed by atoms with Crippen LogP contribution in [0.5, 0.6) is 5.75 Å². The minimum atomic E-state index is -0.119. The van der Waals surface area contributed by atoms with Gasteiger partial charge in [-0.1, -0.05) is 34.1 Å². The van der Waals surface area contributed by atoms with Gasteiger partial charge in [0.25, 0.3) is 5.89 Å². The molecule has 0 fully saturated rings. The monoisotopic (exact) mass is 409 g/mol. The van der Waals surface area contributed by atoms with E-state index in [9.17, 15) is 0 Å². The number of methoxy groups -OCH3 is 1. The molecule has 0 amide bonds. The number of ether oxygens (including phenoxy) is 2. The van der Waals surface area contributed by atoms with Crippen LogP contribution in [0.2, 0.25) is 5.02 Å². The number of fused-ring (bicyclic) bond motifs is 1. The van der Waals surface area contributed by atoms with E-state index in [1.807, 2.05) is 53.2 Å². The van der Waals surface area contributed by atoms with E-state index in [1.54, 1.807) is 7.11 Å². The van der Waals surface area contributed by atoms with Crippen LogP contribution in [-0.4, -0.2) is 32.2 Å². The molecule has 0 bridgehead atoms. The number of rotatable bonds is 4. The van der Waals surface area contributed by atoms with Crippen LogP contribution < -0.4 is 4.74 Å². The van der Waals surface area contributed by atoms with Crippen molar-refractivity contribution in [1.29, 1.82) is 0 Å². The highest BCUT2D eigenvalue weighted by Gasteiger charge is 2.28. The summed E-state index contributed by atoms with van der Waals surface area (Å²) in [6.45, 7) is 0.888. The van der Waals surface area contributed by atoms with Crippen molar-refractivity contribution in [3.63, 3.8) is 0 Å². The summed E-state index contributed by atoms with van der Waals surface area (Å²) in [6, 6.07) is 15.0. The lowest BCUT2D eigenvalue weighted by Crippen LogP contribution is -2.22. The maximum Gasteiger partial charge on any atom is 0.280 e. The molecule has 1 atom stereocenters. The number of benzene rings is 2. The maximum atomic E-state index is 6.02. The Bertz CT molecular complexity index is 1140. The Labute approximate surface area is 171 Å². The zero-order valence-corrected chi connectivity index (χ0v) is 16.2. The predicted octanol–water partition coefficient (Wildman–Crippen LogP) is 3.93. The van der Waals surface area contributed by atoms with Gasteiger partial charge in [0.2, 0.25) is 5.82 Å². The van der Waals surface area contributed by atoms with Gasteiger partial charge >= 0.3 is 0 Å². The number of aromatic nitrogens is 5. The standard InChI is InChI=1S/C20H16ClN5O3/c1-27-15-8-4-13(5-9-15)19-22-20(29-24-19)18-16-11-28-17(10-26(16)25-23-18)12-2-6-14(21)7-3-12/h2-9,17H,10-11H2,1H3. The van der Waals surface area contributed by atoms with Crippen molar-refractivity contribution in [2.75, 3.05) is 7.11 Å². The second kappa shape index (κ2) is 7.31. The Balaban J connectivity index is 1.39. The number of nitrogens with zero attached hydrogens (tertiary/aromatic N) is 5. The maximum absolute atomic E-state index is 6.02. The molecule has 29 heavy (non-hydrogen) atoms. The smallest absolute Gasteiger partial charge is 0.280 e. The zero-order valence-electron chi connectivity index (χ0n) is 15.4. The molecule has 2 aromatic carbocycles. The summed E-state index contributed by atoms with van der Waals surface area (Å²) in [7, 11) is 1.62. The number of halogens is 1. The lowest BCUT2D eigenvalue weighted by Gasteiger charge is -2.24. The molecule has 1 aliphatic rings. The molecule has 4 aromatic rings. The van der Waals surface area contributed by atoms with Gasteiger partial charge in [0.15, 0.2) is 5.69 Å². The molecular formula is C20H16ClN5O3. The highest BCUT2D eigenvalue weighted by Crippen LogP contribution is 2.31. The Morgan fingerprint density at radius 3 is 2.66 bits per heavy atom. The van der Waals surface area contributed by atoms with Gasteiger partial charge in [0.1, 0.15) is 11.9 Å². The van der Waals surface area contributed by atoms with Crippen LogP contribution in [0.3, 0.4) is 0 Å². The molecule has 0 spiro atoms. The van der Waals surface area contributed by atoms with Crippen LogP contribution in [0, 0.1) is 0 Å². The number of hydrogen-bond acceptors (Lipinski definition) is 7. The molecule has 2 aromatic heterocycles. The summed E-state index contributed by atoms with van der Waals surface area (Å²) in [4.78, 5) is 4.47. The lowest BCUT2D eigenvalue weighted by atomic mass is 10.1. The van der Waals surface area contributed by atoms with Gasteiger partial charge in [0, 0.05) is 10.6 Å². The fourth-order valence-electron chi connectivity index (χ4n) is 3.23. The summed E-state index contributed by atoms with van der Waals surface area (Å²) in [5.74, 6) is 1.54. The first-order valence-corrected chi connectivity index (χ1v) is 9.37. The van der Waals surface area contributed by atoms with Crippen molar-refractivity contribution >= 4 is 11.6 Å². The third-order valence-electron chi connectivity index (χ3n) is 4.82. The molecule has 0 saturated carbocycles. The summed E-state index contributed by atoms with van der Waals surface area (Å²) < 4.78 is 18.4. The summed E-state index contributed by atoms with van der Waals surface area (Å²) in [6.07, 6.45) is -0.119. The second-order valence-electron chi connectivity index (χ2n) is 6.57. The first kappa shape index (κ1) is 17.8. The molecule has 0 N–H and O–H groups in total. The SMILES string of the molecule is COc1ccc(-c2noc(-c3nnn4c3COC(c3ccc(Cl)cc3)C4)n2)cc1. The lowest BCUT2D eigenvalue weighted by molar-refractivity contribution is -0.00117. The van der Waals surface area contributed by atoms with Crippen LogP contribution >= 0.6 is 11.6 Å². The Hall–Kier alpha value is -3.23. The van der Waals surface area contributed by atoms with Gasteiger partial charge in [-0.15, -0.1) is 5.10 Å². The van der Waals surface area contributed by atoms with Crippen LogP contribution in [-0.2, 0) is 17.9 Å². The molecule has 5 rings (SSSR count). The predicted molar refractivity (Wildman–Crippen MR) is 104 cm³/mol. The van der Waals surface area contributed by atoms with E-state index in [0.717, 1.165) is 22.6 Å². The molecule has 8 nitrogen and oxygen atoms in total. The van der Waals surface area contributed by atoms with Crippen molar-refractivity contribution in [2.45, 2.75) is 19.3 Å². The Morgan fingerprint density at radius 2 is 1.90 bits per heavy atom. The minimum Gasteiger partial charge on any atom is -0.497 e. The van der Waals surface area contributed by atoms with Crippen LogP contribution in [0.1, 0.15) is 17.4 Å². The molecular weight excluding hydrogens is 394 g/mol. The van der Waals surface area contributed by atoms with E-state index >= 15 is 0 Å². The second-order valence-corrected chi connectivity index (χ2v) is 7.01. The molecule has 1 aliphatic heterocycles.